The monoisotopic (exact) mass is 242 g/mol. The molecule has 1 saturated heterocycles. The Morgan fingerprint density at radius 3 is 2.59 bits per heavy atom. The van der Waals surface area contributed by atoms with E-state index in [4.69, 9.17) is 4.74 Å². The van der Waals surface area contributed by atoms with E-state index in [-0.39, 0.29) is 0 Å². The molecule has 17 heavy (non-hydrogen) atoms. The molecule has 0 aromatic heterocycles. The van der Waals surface area contributed by atoms with E-state index in [1.807, 2.05) is 0 Å². The van der Waals surface area contributed by atoms with E-state index in [0.29, 0.717) is 0 Å². The molecule has 0 saturated carbocycles. The Labute approximate surface area is 107 Å². The van der Waals surface area contributed by atoms with Gasteiger partial charge in [0.1, 0.15) is 0 Å². The van der Waals surface area contributed by atoms with Crippen molar-refractivity contribution in [1.82, 2.24) is 10.2 Å². The number of rotatable bonds is 8. The van der Waals surface area contributed by atoms with E-state index in [1.165, 1.54) is 45.4 Å². The van der Waals surface area contributed by atoms with Crippen LogP contribution in [-0.4, -0.2) is 51.3 Å². The summed E-state index contributed by atoms with van der Waals surface area (Å²) in [7, 11) is 1.78. The van der Waals surface area contributed by atoms with Crippen LogP contribution in [0.5, 0.6) is 0 Å². The first-order valence-corrected chi connectivity index (χ1v) is 7.14. The van der Waals surface area contributed by atoms with Crippen LogP contribution in [0.2, 0.25) is 0 Å². The summed E-state index contributed by atoms with van der Waals surface area (Å²) in [5, 5.41) is 3.58. The normalized spacial score (nSPS) is 19.1. The Morgan fingerprint density at radius 1 is 1.29 bits per heavy atom. The maximum Gasteiger partial charge on any atom is 0.0474 e. The van der Waals surface area contributed by atoms with Gasteiger partial charge in [-0.1, -0.05) is 13.8 Å². The molecule has 0 aromatic rings. The zero-order valence-corrected chi connectivity index (χ0v) is 11.9. The molecule has 0 unspecified atom stereocenters. The summed E-state index contributed by atoms with van der Waals surface area (Å²) in [4.78, 5) is 2.58. The molecule has 0 aliphatic carbocycles. The van der Waals surface area contributed by atoms with Gasteiger partial charge in [-0.15, -0.1) is 0 Å². The van der Waals surface area contributed by atoms with Crippen LogP contribution in [0, 0.1) is 11.8 Å². The van der Waals surface area contributed by atoms with Crippen LogP contribution in [0.15, 0.2) is 0 Å². The van der Waals surface area contributed by atoms with Crippen molar-refractivity contribution in [3.63, 3.8) is 0 Å². The van der Waals surface area contributed by atoms with Crippen LogP contribution in [-0.2, 0) is 4.74 Å². The fraction of sp³-hybridized carbons (Fsp3) is 1.00. The average molecular weight is 242 g/mol. The number of nitrogens with zero attached hydrogens (tertiary/aromatic N) is 1. The lowest BCUT2D eigenvalue weighted by atomic mass is 9.96. The molecular formula is C14H30N2O. The lowest BCUT2D eigenvalue weighted by Crippen LogP contribution is -2.38. The second kappa shape index (κ2) is 8.90. The fourth-order valence-corrected chi connectivity index (χ4v) is 2.42. The Bertz CT molecular complexity index is 177. The van der Waals surface area contributed by atoms with Crippen molar-refractivity contribution in [2.24, 2.45) is 11.8 Å². The van der Waals surface area contributed by atoms with Crippen LogP contribution in [0.1, 0.15) is 33.1 Å². The molecule has 1 aliphatic rings. The van der Waals surface area contributed by atoms with Gasteiger partial charge in [-0.2, -0.15) is 0 Å². The molecule has 3 heteroatoms. The number of hydrogen-bond donors (Lipinski definition) is 1. The van der Waals surface area contributed by atoms with Crippen LogP contribution in [0.4, 0.5) is 0 Å². The van der Waals surface area contributed by atoms with Gasteiger partial charge in [-0.25, -0.2) is 0 Å². The summed E-state index contributed by atoms with van der Waals surface area (Å²) < 4.78 is 5.09. The smallest absolute Gasteiger partial charge is 0.0474 e. The van der Waals surface area contributed by atoms with Gasteiger partial charge in [0.25, 0.3) is 0 Å². The molecule has 0 atom stereocenters. The van der Waals surface area contributed by atoms with E-state index in [1.54, 1.807) is 7.11 Å². The first-order valence-electron chi connectivity index (χ1n) is 7.14. The maximum absolute atomic E-state index is 5.09. The van der Waals surface area contributed by atoms with Crippen molar-refractivity contribution in [1.29, 1.82) is 0 Å². The first-order chi connectivity index (χ1) is 8.22. The van der Waals surface area contributed by atoms with Gasteiger partial charge < -0.3 is 15.0 Å². The molecule has 0 bridgehead atoms. The predicted octanol–water partition coefficient (Wildman–Crippen LogP) is 1.98. The third-order valence-electron chi connectivity index (χ3n) is 3.52. The number of piperidine rings is 1. The van der Waals surface area contributed by atoms with Gasteiger partial charge in [0.15, 0.2) is 0 Å². The second-order valence-corrected chi connectivity index (χ2v) is 5.68. The summed E-state index contributed by atoms with van der Waals surface area (Å²) in [5.41, 5.74) is 0. The third-order valence-corrected chi connectivity index (χ3v) is 3.52. The lowest BCUT2D eigenvalue weighted by Gasteiger charge is -2.32. The van der Waals surface area contributed by atoms with Crippen molar-refractivity contribution in [2.75, 3.05) is 46.4 Å². The van der Waals surface area contributed by atoms with E-state index in [0.717, 1.165) is 25.0 Å². The topological polar surface area (TPSA) is 24.5 Å². The van der Waals surface area contributed by atoms with Gasteiger partial charge in [0.05, 0.1) is 0 Å². The van der Waals surface area contributed by atoms with Crippen LogP contribution >= 0.6 is 0 Å². The molecule has 1 heterocycles. The van der Waals surface area contributed by atoms with Gasteiger partial charge >= 0.3 is 0 Å². The zero-order chi connectivity index (χ0) is 12.5. The molecule has 1 rings (SSSR count). The van der Waals surface area contributed by atoms with E-state index in [2.05, 4.69) is 24.1 Å². The minimum Gasteiger partial charge on any atom is -0.385 e. The molecule has 0 spiro atoms. The summed E-state index contributed by atoms with van der Waals surface area (Å²) >= 11 is 0. The number of likely N-dealkylation sites (tertiary alicyclic amines) is 1. The van der Waals surface area contributed by atoms with Crippen molar-refractivity contribution in [3.8, 4) is 0 Å². The third kappa shape index (κ3) is 7.02. The minimum absolute atomic E-state index is 0.768. The fourth-order valence-electron chi connectivity index (χ4n) is 2.42. The summed E-state index contributed by atoms with van der Waals surface area (Å²) in [6.45, 7) is 11.6. The van der Waals surface area contributed by atoms with E-state index in [9.17, 15) is 0 Å². The van der Waals surface area contributed by atoms with Gasteiger partial charge in [-0.05, 0) is 57.3 Å². The largest absolute Gasteiger partial charge is 0.385 e. The first kappa shape index (κ1) is 14.9. The molecule has 0 aromatic carbocycles. The van der Waals surface area contributed by atoms with Crippen LogP contribution in [0.25, 0.3) is 0 Å². The highest BCUT2D eigenvalue weighted by molar-refractivity contribution is 4.74. The van der Waals surface area contributed by atoms with Gasteiger partial charge in [0.2, 0.25) is 0 Å². The van der Waals surface area contributed by atoms with Crippen LogP contribution in [0.3, 0.4) is 0 Å². The number of methoxy groups -OCH3 is 1. The van der Waals surface area contributed by atoms with Crippen molar-refractivity contribution in [2.45, 2.75) is 33.1 Å². The average Bonchev–Trinajstić information content (AvgIpc) is 2.31. The molecule has 1 N–H and O–H groups in total. The lowest BCUT2D eigenvalue weighted by molar-refractivity contribution is 0.146. The summed E-state index contributed by atoms with van der Waals surface area (Å²) in [5.74, 6) is 1.66. The molecular weight excluding hydrogens is 212 g/mol. The molecule has 102 valence electrons. The standard InChI is InChI=1S/C14H30N2O/c1-13(2)11-15-12-14-5-8-16(9-6-14)7-4-10-17-3/h13-15H,4-12H2,1-3H3. The SMILES string of the molecule is COCCCN1CCC(CNCC(C)C)CC1. The Hall–Kier alpha value is -0.120. The van der Waals surface area contributed by atoms with Gasteiger partial charge in [-0.3, -0.25) is 0 Å². The summed E-state index contributed by atoms with van der Waals surface area (Å²) in [6.07, 6.45) is 3.89. The Balaban J connectivity index is 2.01. The molecule has 3 nitrogen and oxygen atoms in total. The number of ether oxygens (including phenoxy) is 1. The van der Waals surface area contributed by atoms with E-state index >= 15 is 0 Å². The van der Waals surface area contributed by atoms with Crippen LogP contribution < -0.4 is 5.32 Å². The Kier molecular flexibility index (Phi) is 7.82. The highest BCUT2D eigenvalue weighted by Crippen LogP contribution is 2.16. The Morgan fingerprint density at radius 2 is 2.00 bits per heavy atom. The summed E-state index contributed by atoms with van der Waals surface area (Å²) in [6, 6.07) is 0. The number of hydrogen-bond acceptors (Lipinski definition) is 3. The zero-order valence-electron chi connectivity index (χ0n) is 11.9. The highest BCUT2D eigenvalue weighted by Gasteiger charge is 2.18. The molecule has 1 fully saturated rings. The van der Waals surface area contributed by atoms with Gasteiger partial charge in [0, 0.05) is 20.3 Å². The maximum atomic E-state index is 5.09. The van der Waals surface area contributed by atoms with Crippen molar-refractivity contribution >= 4 is 0 Å². The predicted molar refractivity (Wildman–Crippen MR) is 73.4 cm³/mol. The quantitative estimate of drug-likeness (QED) is 0.659. The molecule has 0 radical (unpaired) electrons. The molecule has 1 aliphatic heterocycles. The van der Waals surface area contributed by atoms with Crippen molar-refractivity contribution in [3.05, 3.63) is 0 Å². The van der Waals surface area contributed by atoms with E-state index < -0.39 is 0 Å². The highest BCUT2D eigenvalue weighted by atomic mass is 16.5. The number of nitrogens with one attached hydrogen (secondary N) is 1. The minimum atomic E-state index is 0.768. The molecule has 0 amide bonds. The van der Waals surface area contributed by atoms with Crippen molar-refractivity contribution < 1.29 is 4.74 Å². The second-order valence-electron chi connectivity index (χ2n) is 5.68.